The van der Waals surface area contributed by atoms with E-state index in [1.807, 2.05) is 0 Å². The number of alkyl halides is 1. The van der Waals surface area contributed by atoms with Gasteiger partial charge in [0.2, 0.25) is 5.82 Å². The van der Waals surface area contributed by atoms with Crippen LogP contribution in [-0.4, -0.2) is 21.5 Å². The molecule has 4 nitrogen and oxygen atoms in total. The van der Waals surface area contributed by atoms with Gasteiger partial charge in [0.25, 0.3) is 0 Å². The number of phenols is 1. The molecule has 0 saturated carbocycles. The van der Waals surface area contributed by atoms with Crippen LogP contribution in [-0.2, 0) is 6.42 Å². The highest BCUT2D eigenvalue weighted by Crippen LogP contribution is 2.37. The number of aliphatic hydroxyl groups is 2. The number of hydrogen-bond acceptors (Lipinski definition) is 4. The molecule has 20 heavy (non-hydrogen) atoms. The van der Waals surface area contributed by atoms with Gasteiger partial charge in [-0.15, -0.1) is 4.39 Å². The minimum Gasteiger partial charge on any atom is -0.508 e. The number of ether oxygens (including phenoxy) is 1. The third-order valence-corrected chi connectivity index (χ3v) is 2.77. The van der Waals surface area contributed by atoms with E-state index in [4.69, 9.17) is 10.2 Å². The van der Waals surface area contributed by atoms with Crippen molar-refractivity contribution in [3.05, 3.63) is 35.4 Å². The Morgan fingerprint density at radius 1 is 1.20 bits per heavy atom. The molecule has 108 valence electrons. The molecule has 0 aliphatic heterocycles. The largest absolute Gasteiger partial charge is 0.508 e. The molecule has 0 aliphatic rings. The van der Waals surface area contributed by atoms with Crippen LogP contribution < -0.4 is 4.74 Å². The van der Waals surface area contributed by atoms with Crippen LogP contribution >= 0.6 is 0 Å². The lowest BCUT2D eigenvalue weighted by Crippen LogP contribution is -2.29. The van der Waals surface area contributed by atoms with Gasteiger partial charge in [0.05, 0.1) is 0 Å². The Morgan fingerprint density at radius 2 is 1.85 bits per heavy atom. The zero-order chi connectivity index (χ0) is 15.1. The van der Waals surface area contributed by atoms with Gasteiger partial charge in [-0.05, 0) is 35.6 Å². The van der Waals surface area contributed by atoms with Crippen LogP contribution in [0.3, 0.4) is 0 Å². The van der Waals surface area contributed by atoms with Crippen LogP contribution in [0.1, 0.15) is 12.5 Å². The standard InChI is InChI=1S/C13H11F3O4/c1-2-6-3-8(17)4-7-5-9(14)11(15)12(10(6)7)20-13(16,18)19/h3-5,17-19H,2H2,1H3. The number of aryl methyl sites for hydroxylation is 1. The van der Waals surface area contributed by atoms with E-state index < -0.39 is 23.6 Å². The van der Waals surface area contributed by atoms with Crippen LogP contribution in [0.2, 0.25) is 0 Å². The summed E-state index contributed by atoms with van der Waals surface area (Å²) >= 11 is 0. The molecule has 0 fully saturated rings. The van der Waals surface area contributed by atoms with Crippen LogP contribution in [0.15, 0.2) is 18.2 Å². The number of hydrogen-bond donors (Lipinski definition) is 3. The lowest BCUT2D eigenvalue weighted by atomic mass is 10.0. The van der Waals surface area contributed by atoms with E-state index in [0.29, 0.717) is 12.0 Å². The second kappa shape index (κ2) is 4.84. The topological polar surface area (TPSA) is 69.9 Å². The predicted octanol–water partition coefficient (Wildman–Crippen LogP) is 2.33. The summed E-state index contributed by atoms with van der Waals surface area (Å²) in [4.78, 5) is 0. The summed E-state index contributed by atoms with van der Waals surface area (Å²) in [5.41, 5.74) is 0.332. The maximum atomic E-state index is 13.7. The Labute approximate surface area is 111 Å². The van der Waals surface area contributed by atoms with E-state index in [1.54, 1.807) is 6.92 Å². The van der Waals surface area contributed by atoms with Gasteiger partial charge >= 0.3 is 6.23 Å². The smallest absolute Gasteiger partial charge is 0.492 e. The molecule has 2 rings (SSSR count). The van der Waals surface area contributed by atoms with Crippen molar-refractivity contribution in [1.29, 1.82) is 0 Å². The molecular weight excluding hydrogens is 277 g/mol. The maximum Gasteiger partial charge on any atom is 0.492 e. The summed E-state index contributed by atoms with van der Waals surface area (Å²) < 4.78 is 44.0. The number of halogens is 3. The first kappa shape index (κ1) is 14.4. The molecule has 0 saturated heterocycles. The Kier molecular flexibility index (Phi) is 3.49. The first-order valence-corrected chi connectivity index (χ1v) is 5.69. The molecule has 0 unspecified atom stereocenters. The molecule has 0 bridgehead atoms. The summed E-state index contributed by atoms with van der Waals surface area (Å²) in [7, 11) is 0. The second-order valence-electron chi connectivity index (χ2n) is 4.19. The van der Waals surface area contributed by atoms with E-state index in [9.17, 15) is 18.3 Å². The quantitative estimate of drug-likeness (QED) is 0.758. The van der Waals surface area contributed by atoms with Gasteiger partial charge in [-0.25, -0.2) is 4.39 Å². The van der Waals surface area contributed by atoms with Gasteiger partial charge < -0.3 is 20.1 Å². The minimum atomic E-state index is -4.15. The molecule has 0 heterocycles. The average Bonchev–Trinajstić information content (AvgIpc) is 2.32. The lowest BCUT2D eigenvalue weighted by molar-refractivity contribution is -0.375. The van der Waals surface area contributed by atoms with Gasteiger partial charge in [-0.2, -0.15) is 4.39 Å². The molecular formula is C13H11F3O4. The molecule has 0 spiro atoms. The molecule has 2 aromatic carbocycles. The van der Waals surface area contributed by atoms with Crippen LogP contribution in [0.5, 0.6) is 11.5 Å². The number of aromatic hydroxyl groups is 1. The van der Waals surface area contributed by atoms with Crippen LogP contribution in [0, 0.1) is 11.6 Å². The summed E-state index contributed by atoms with van der Waals surface area (Å²) in [5.74, 6) is -4.08. The van der Waals surface area contributed by atoms with Crippen molar-refractivity contribution in [1.82, 2.24) is 0 Å². The van der Waals surface area contributed by atoms with Crippen molar-refractivity contribution in [3.8, 4) is 11.5 Å². The highest BCUT2D eigenvalue weighted by Gasteiger charge is 2.29. The summed E-state index contributed by atoms with van der Waals surface area (Å²) in [6.45, 7) is 1.67. The highest BCUT2D eigenvalue weighted by atomic mass is 19.2. The van der Waals surface area contributed by atoms with Crippen molar-refractivity contribution in [3.63, 3.8) is 0 Å². The van der Waals surface area contributed by atoms with E-state index in [0.717, 1.165) is 12.1 Å². The molecule has 0 radical (unpaired) electrons. The SMILES string of the molecule is CCc1cc(O)cc2cc(F)c(F)c(OC(O)(O)F)c12. The number of benzene rings is 2. The van der Waals surface area contributed by atoms with Crippen molar-refractivity contribution >= 4 is 10.8 Å². The predicted molar refractivity (Wildman–Crippen MR) is 63.8 cm³/mol. The fraction of sp³-hybridized carbons (Fsp3) is 0.231. The Morgan fingerprint density at radius 3 is 2.40 bits per heavy atom. The fourth-order valence-electron chi connectivity index (χ4n) is 2.02. The van der Waals surface area contributed by atoms with Crippen molar-refractivity contribution in [2.24, 2.45) is 0 Å². The molecule has 2 aromatic rings. The normalized spacial score (nSPS) is 11.9. The molecule has 7 heteroatoms. The van der Waals surface area contributed by atoms with E-state index in [1.165, 1.54) is 6.07 Å². The van der Waals surface area contributed by atoms with Crippen molar-refractivity contribution in [2.75, 3.05) is 0 Å². The first-order chi connectivity index (χ1) is 9.23. The minimum absolute atomic E-state index is 0.0417. The summed E-state index contributed by atoms with van der Waals surface area (Å²) in [5, 5.41) is 26.7. The van der Waals surface area contributed by atoms with Crippen LogP contribution in [0.25, 0.3) is 10.8 Å². The zero-order valence-corrected chi connectivity index (χ0v) is 10.3. The number of fused-ring (bicyclic) bond motifs is 1. The maximum absolute atomic E-state index is 13.7. The van der Waals surface area contributed by atoms with Crippen LogP contribution in [0.4, 0.5) is 13.2 Å². The van der Waals surface area contributed by atoms with E-state index in [2.05, 4.69) is 4.74 Å². The Bertz CT molecular complexity index is 665. The average molecular weight is 288 g/mol. The fourth-order valence-corrected chi connectivity index (χ4v) is 2.02. The second-order valence-corrected chi connectivity index (χ2v) is 4.19. The monoisotopic (exact) mass is 288 g/mol. The summed E-state index contributed by atoms with van der Waals surface area (Å²) in [6.07, 6.45) is -3.85. The first-order valence-electron chi connectivity index (χ1n) is 5.69. The summed E-state index contributed by atoms with van der Waals surface area (Å²) in [6, 6.07) is 3.19. The Hall–Kier alpha value is -1.99. The van der Waals surface area contributed by atoms with Crippen molar-refractivity contribution in [2.45, 2.75) is 19.6 Å². The van der Waals surface area contributed by atoms with Gasteiger partial charge in [-0.3, -0.25) is 0 Å². The molecule has 0 amide bonds. The molecule has 3 N–H and O–H groups in total. The molecule has 0 atom stereocenters. The van der Waals surface area contributed by atoms with Gasteiger partial charge in [0.1, 0.15) is 5.75 Å². The lowest BCUT2D eigenvalue weighted by Gasteiger charge is -2.17. The van der Waals surface area contributed by atoms with Gasteiger partial charge in [-0.1, -0.05) is 6.92 Å². The number of rotatable bonds is 3. The highest BCUT2D eigenvalue weighted by molar-refractivity contribution is 5.93. The third-order valence-electron chi connectivity index (χ3n) is 2.77. The van der Waals surface area contributed by atoms with Gasteiger partial charge in [0, 0.05) is 5.39 Å². The molecule has 0 aliphatic carbocycles. The van der Waals surface area contributed by atoms with E-state index in [-0.39, 0.29) is 16.5 Å². The molecule has 0 aromatic heterocycles. The van der Waals surface area contributed by atoms with Crippen molar-refractivity contribution < 1.29 is 33.2 Å². The van der Waals surface area contributed by atoms with E-state index >= 15 is 0 Å². The third kappa shape index (κ3) is 2.63. The zero-order valence-electron chi connectivity index (χ0n) is 10.3. The van der Waals surface area contributed by atoms with Gasteiger partial charge in [0.15, 0.2) is 11.6 Å². The number of phenolic OH excluding ortho intramolecular Hbond substituents is 1. The Balaban J connectivity index is 2.85.